The fourth-order valence-electron chi connectivity index (χ4n) is 2.38. The summed E-state index contributed by atoms with van der Waals surface area (Å²) >= 11 is 5.94. The SMILES string of the molecule is CC(C)(COc1ccc(-c2ccc(-c3nc(Cl)c(CO)[nH]3)cn2)cc1)C(=O)O. The van der Waals surface area contributed by atoms with E-state index in [2.05, 4.69) is 15.0 Å². The van der Waals surface area contributed by atoms with E-state index in [0.717, 1.165) is 16.8 Å². The molecule has 146 valence electrons. The van der Waals surface area contributed by atoms with Gasteiger partial charge in [0.2, 0.25) is 0 Å². The molecule has 2 aromatic heterocycles. The van der Waals surface area contributed by atoms with Crippen molar-refractivity contribution < 1.29 is 19.7 Å². The number of aliphatic hydroxyl groups is 1. The molecule has 0 fully saturated rings. The van der Waals surface area contributed by atoms with Gasteiger partial charge in [-0.2, -0.15) is 0 Å². The van der Waals surface area contributed by atoms with Gasteiger partial charge in [0.25, 0.3) is 0 Å². The van der Waals surface area contributed by atoms with Crippen LogP contribution in [0, 0.1) is 5.41 Å². The lowest BCUT2D eigenvalue weighted by molar-refractivity contribution is -0.148. The molecular formula is C20H20ClN3O4. The van der Waals surface area contributed by atoms with Gasteiger partial charge in [-0.05, 0) is 50.2 Å². The smallest absolute Gasteiger partial charge is 0.312 e. The molecular weight excluding hydrogens is 382 g/mol. The van der Waals surface area contributed by atoms with E-state index in [1.807, 2.05) is 24.3 Å². The predicted octanol–water partition coefficient (Wildman–Crippen LogP) is 3.77. The fourth-order valence-corrected chi connectivity index (χ4v) is 2.57. The van der Waals surface area contributed by atoms with Crippen LogP contribution in [0.2, 0.25) is 5.15 Å². The van der Waals surface area contributed by atoms with Gasteiger partial charge in [-0.3, -0.25) is 9.78 Å². The number of aromatic nitrogens is 3. The van der Waals surface area contributed by atoms with E-state index in [1.54, 1.807) is 32.2 Å². The van der Waals surface area contributed by atoms with E-state index < -0.39 is 11.4 Å². The molecule has 0 unspecified atom stereocenters. The minimum Gasteiger partial charge on any atom is -0.492 e. The van der Waals surface area contributed by atoms with Crippen molar-refractivity contribution in [2.75, 3.05) is 6.61 Å². The Hall–Kier alpha value is -2.90. The highest BCUT2D eigenvalue weighted by molar-refractivity contribution is 6.30. The molecule has 0 saturated carbocycles. The van der Waals surface area contributed by atoms with Crippen molar-refractivity contribution in [2.24, 2.45) is 5.41 Å². The van der Waals surface area contributed by atoms with Gasteiger partial charge in [0, 0.05) is 17.3 Å². The van der Waals surface area contributed by atoms with E-state index >= 15 is 0 Å². The average molecular weight is 402 g/mol. The zero-order valence-electron chi connectivity index (χ0n) is 15.4. The summed E-state index contributed by atoms with van der Waals surface area (Å²) in [5.74, 6) is 0.228. The number of carbonyl (C=O) groups is 1. The summed E-state index contributed by atoms with van der Waals surface area (Å²) in [6, 6.07) is 11.0. The van der Waals surface area contributed by atoms with Gasteiger partial charge in [-0.1, -0.05) is 11.6 Å². The molecule has 3 aromatic rings. The lowest BCUT2D eigenvalue weighted by Gasteiger charge is -2.19. The molecule has 0 saturated heterocycles. The number of halogens is 1. The Morgan fingerprint density at radius 1 is 1.18 bits per heavy atom. The molecule has 28 heavy (non-hydrogen) atoms. The highest BCUT2D eigenvalue weighted by atomic mass is 35.5. The van der Waals surface area contributed by atoms with Gasteiger partial charge < -0.3 is 19.9 Å². The third-order valence-electron chi connectivity index (χ3n) is 4.25. The number of nitrogens with zero attached hydrogens (tertiary/aromatic N) is 2. The number of carboxylic acids is 1. The molecule has 0 bridgehead atoms. The van der Waals surface area contributed by atoms with E-state index in [-0.39, 0.29) is 18.4 Å². The summed E-state index contributed by atoms with van der Waals surface area (Å²) in [4.78, 5) is 22.7. The monoisotopic (exact) mass is 401 g/mol. The van der Waals surface area contributed by atoms with Crippen LogP contribution in [0.4, 0.5) is 0 Å². The maximum atomic E-state index is 11.1. The quantitative estimate of drug-likeness (QED) is 0.556. The molecule has 0 aliphatic rings. The fraction of sp³-hybridized carbons (Fsp3) is 0.250. The lowest BCUT2D eigenvalue weighted by atomic mass is 9.95. The van der Waals surface area contributed by atoms with Crippen LogP contribution in [0.3, 0.4) is 0 Å². The van der Waals surface area contributed by atoms with Crippen molar-refractivity contribution in [3.8, 4) is 28.4 Å². The number of aliphatic hydroxyl groups excluding tert-OH is 1. The number of hydrogen-bond acceptors (Lipinski definition) is 5. The first-order valence-corrected chi connectivity index (χ1v) is 8.96. The van der Waals surface area contributed by atoms with Gasteiger partial charge in [0.1, 0.15) is 18.2 Å². The molecule has 0 spiro atoms. The third-order valence-corrected chi connectivity index (χ3v) is 4.56. The number of carboxylic acid groups (broad SMARTS) is 1. The molecule has 7 nitrogen and oxygen atoms in total. The molecule has 0 atom stereocenters. The number of H-pyrrole nitrogens is 1. The molecule has 0 aliphatic carbocycles. The minimum absolute atomic E-state index is 0.0795. The summed E-state index contributed by atoms with van der Waals surface area (Å²) in [5, 5.41) is 18.6. The molecule has 0 amide bonds. The van der Waals surface area contributed by atoms with Crippen molar-refractivity contribution in [3.05, 3.63) is 53.4 Å². The number of aliphatic carboxylic acids is 1. The summed E-state index contributed by atoms with van der Waals surface area (Å²) in [6.45, 7) is 3.10. The van der Waals surface area contributed by atoms with Crippen LogP contribution >= 0.6 is 11.6 Å². The molecule has 2 heterocycles. The number of benzene rings is 1. The lowest BCUT2D eigenvalue weighted by Crippen LogP contribution is -2.30. The first kappa shape index (κ1) is 19.9. The average Bonchev–Trinajstić information content (AvgIpc) is 3.07. The van der Waals surface area contributed by atoms with Crippen LogP contribution in [0.25, 0.3) is 22.6 Å². The minimum atomic E-state index is -0.958. The largest absolute Gasteiger partial charge is 0.492 e. The van der Waals surface area contributed by atoms with Crippen molar-refractivity contribution in [1.82, 2.24) is 15.0 Å². The molecule has 0 aliphatic heterocycles. The molecule has 1 aromatic carbocycles. The zero-order valence-corrected chi connectivity index (χ0v) is 16.2. The second-order valence-electron chi connectivity index (χ2n) is 6.95. The Morgan fingerprint density at radius 3 is 2.39 bits per heavy atom. The van der Waals surface area contributed by atoms with E-state index in [9.17, 15) is 9.90 Å². The van der Waals surface area contributed by atoms with Gasteiger partial charge in [0.15, 0.2) is 5.15 Å². The summed E-state index contributed by atoms with van der Waals surface area (Å²) in [6.07, 6.45) is 1.67. The highest BCUT2D eigenvalue weighted by Crippen LogP contribution is 2.26. The summed E-state index contributed by atoms with van der Waals surface area (Å²) < 4.78 is 5.58. The number of rotatable bonds is 7. The Balaban J connectivity index is 1.71. The summed E-state index contributed by atoms with van der Waals surface area (Å²) in [7, 11) is 0. The second kappa shape index (κ2) is 8.00. The van der Waals surface area contributed by atoms with Crippen LogP contribution in [-0.4, -0.2) is 37.7 Å². The third kappa shape index (κ3) is 4.32. The Bertz CT molecular complexity index is 966. The Labute approximate surface area is 167 Å². The second-order valence-corrected chi connectivity index (χ2v) is 7.31. The Kier molecular flexibility index (Phi) is 5.67. The standard InChI is InChI=1S/C20H20ClN3O4/c1-20(2,19(26)27)11-28-14-6-3-12(4-7-14)15-8-5-13(9-22-15)18-23-16(10-25)17(21)24-18/h3-9,25H,10-11H2,1-2H3,(H,23,24)(H,26,27). The molecule has 8 heteroatoms. The number of imidazole rings is 1. The predicted molar refractivity (Wildman–Crippen MR) is 105 cm³/mol. The van der Waals surface area contributed by atoms with Crippen molar-refractivity contribution in [2.45, 2.75) is 20.5 Å². The van der Waals surface area contributed by atoms with Crippen LogP contribution in [0.15, 0.2) is 42.6 Å². The highest BCUT2D eigenvalue weighted by Gasteiger charge is 2.28. The normalized spacial score (nSPS) is 11.4. The number of aromatic amines is 1. The first-order valence-electron chi connectivity index (χ1n) is 8.58. The number of pyridine rings is 1. The van der Waals surface area contributed by atoms with Crippen molar-refractivity contribution in [3.63, 3.8) is 0 Å². The number of ether oxygens (including phenoxy) is 1. The molecule has 3 rings (SSSR count). The van der Waals surface area contributed by atoms with Crippen molar-refractivity contribution >= 4 is 17.6 Å². The van der Waals surface area contributed by atoms with E-state index in [4.69, 9.17) is 21.4 Å². The van der Waals surface area contributed by atoms with Gasteiger partial charge in [0.05, 0.1) is 23.4 Å². The van der Waals surface area contributed by atoms with Crippen LogP contribution in [-0.2, 0) is 11.4 Å². The first-order chi connectivity index (χ1) is 13.3. The number of nitrogens with one attached hydrogen (secondary N) is 1. The molecule has 3 N–H and O–H groups in total. The Morgan fingerprint density at radius 2 is 1.86 bits per heavy atom. The topological polar surface area (TPSA) is 108 Å². The van der Waals surface area contributed by atoms with E-state index in [1.165, 1.54) is 0 Å². The zero-order chi connectivity index (χ0) is 20.3. The molecule has 0 radical (unpaired) electrons. The maximum absolute atomic E-state index is 11.1. The van der Waals surface area contributed by atoms with Gasteiger partial charge >= 0.3 is 5.97 Å². The maximum Gasteiger partial charge on any atom is 0.312 e. The van der Waals surface area contributed by atoms with Crippen LogP contribution < -0.4 is 4.74 Å². The number of hydrogen-bond donors (Lipinski definition) is 3. The van der Waals surface area contributed by atoms with Gasteiger partial charge in [-0.15, -0.1) is 0 Å². The van der Waals surface area contributed by atoms with E-state index in [0.29, 0.717) is 17.3 Å². The van der Waals surface area contributed by atoms with Gasteiger partial charge in [-0.25, -0.2) is 4.98 Å². The summed E-state index contributed by atoms with van der Waals surface area (Å²) in [5.41, 5.74) is 1.91. The van der Waals surface area contributed by atoms with Crippen molar-refractivity contribution in [1.29, 1.82) is 0 Å². The van der Waals surface area contributed by atoms with Crippen LogP contribution in [0.5, 0.6) is 5.75 Å². The van der Waals surface area contributed by atoms with Crippen LogP contribution in [0.1, 0.15) is 19.5 Å².